The van der Waals surface area contributed by atoms with E-state index in [0.717, 1.165) is 17.3 Å². The first-order chi connectivity index (χ1) is 16.1. The summed E-state index contributed by atoms with van der Waals surface area (Å²) in [5.41, 5.74) is 1.34. The Hall–Kier alpha value is -3.69. The van der Waals surface area contributed by atoms with Gasteiger partial charge in [0.25, 0.3) is 5.91 Å². The molecule has 0 aliphatic carbocycles. The topological polar surface area (TPSA) is 77.1 Å². The van der Waals surface area contributed by atoms with Crippen molar-refractivity contribution in [2.75, 3.05) is 0 Å². The predicted molar refractivity (Wildman–Crippen MR) is 121 cm³/mol. The molecule has 0 spiro atoms. The average molecular weight is 470 g/mol. The summed E-state index contributed by atoms with van der Waals surface area (Å²) < 4.78 is 44.0. The third-order valence-electron chi connectivity index (χ3n) is 5.66. The molecule has 0 aliphatic rings. The number of amides is 1. The summed E-state index contributed by atoms with van der Waals surface area (Å²) in [6.07, 6.45) is -3.06. The largest absolute Gasteiger partial charge is 0.433 e. The first-order valence-electron chi connectivity index (χ1n) is 11.0. The van der Waals surface area contributed by atoms with Crippen molar-refractivity contribution in [1.82, 2.24) is 29.7 Å². The minimum absolute atomic E-state index is 0.0610. The fraction of sp³-hybridized carbons (Fsp3) is 0.333. The maximum absolute atomic E-state index is 13.9. The number of carbonyl (C=O) groups excluding carboxylic acids is 1. The number of carbonyl (C=O) groups is 1. The van der Waals surface area contributed by atoms with Gasteiger partial charge in [-0.15, -0.1) is 0 Å². The van der Waals surface area contributed by atoms with Crippen molar-refractivity contribution in [1.29, 1.82) is 0 Å². The summed E-state index contributed by atoms with van der Waals surface area (Å²) in [7, 11) is 0. The predicted octanol–water partition coefficient (Wildman–Crippen LogP) is 5.25. The van der Waals surface area contributed by atoms with Gasteiger partial charge in [-0.05, 0) is 37.5 Å². The molecule has 4 aromatic rings. The third kappa shape index (κ3) is 4.52. The summed E-state index contributed by atoms with van der Waals surface area (Å²) >= 11 is 0. The van der Waals surface area contributed by atoms with Gasteiger partial charge in [-0.3, -0.25) is 9.48 Å². The number of nitrogens with zero attached hydrogens (tertiary/aromatic N) is 5. The molecule has 4 rings (SSSR count). The average Bonchev–Trinajstić information content (AvgIpc) is 3.44. The van der Waals surface area contributed by atoms with Gasteiger partial charge in [0.2, 0.25) is 0 Å². The summed E-state index contributed by atoms with van der Waals surface area (Å²) in [6, 6.07) is 10.8. The number of hydrogen-bond donors (Lipinski definition) is 1. The first kappa shape index (κ1) is 23.5. The summed E-state index contributed by atoms with van der Waals surface area (Å²) in [5.74, 6) is -0.303. The van der Waals surface area contributed by atoms with Crippen LogP contribution in [0.5, 0.6) is 0 Å². The quantitative estimate of drug-likeness (QED) is 0.418. The van der Waals surface area contributed by atoms with E-state index in [0.29, 0.717) is 22.5 Å². The molecule has 1 aromatic carbocycles. The zero-order chi connectivity index (χ0) is 24.6. The van der Waals surface area contributed by atoms with E-state index in [9.17, 15) is 18.0 Å². The number of nitrogens with one attached hydrogen (secondary N) is 1. The van der Waals surface area contributed by atoms with Gasteiger partial charge in [0.05, 0.1) is 17.4 Å². The van der Waals surface area contributed by atoms with Gasteiger partial charge < -0.3 is 5.32 Å². The second-order valence-electron chi connectivity index (χ2n) is 8.37. The number of rotatable bonds is 6. The van der Waals surface area contributed by atoms with Gasteiger partial charge in [-0.25, -0.2) is 9.50 Å². The van der Waals surface area contributed by atoms with Gasteiger partial charge in [-0.1, -0.05) is 38.1 Å². The summed E-state index contributed by atoms with van der Waals surface area (Å²) in [6.45, 7) is 8.39. The van der Waals surface area contributed by atoms with E-state index < -0.39 is 23.8 Å². The lowest BCUT2D eigenvalue weighted by atomic mass is 10.0. The normalized spacial score (nSPS) is 12.9. The number of fused-ring (bicyclic) bond motifs is 1. The van der Waals surface area contributed by atoms with Crippen LogP contribution >= 0.6 is 0 Å². The molecular weight excluding hydrogens is 445 g/mol. The van der Waals surface area contributed by atoms with Gasteiger partial charge in [0.15, 0.2) is 17.0 Å². The number of alkyl halides is 3. The van der Waals surface area contributed by atoms with E-state index in [4.69, 9.17) is 0 Å². The maximum Gasteiger partial charge on any atom is 0.433 e. The Bertz CT molecular complexity index is 1320. The van der Waals surface area contributed by atoms with Crippen molar-refractivity contribution in [3.63, 3.8) is 0 Å². The lowest BCUT2D eigenvalue weighted by molar-refractivity contribution is -0.142. The van der Waals surface area contributed by atoms with Gasteiger partial charge in [0.1, 0.15) is 0 Å². The molecule has 1 N–H and O–H groups in total. The molecule has 0 fully saturated rings. The minimum Gasteiger partial charge on any atom is -0.343 e. The number of halogens is 3. The van der Waals surface area contributed by atoms with E-state index >= 15 is 0 Å². The highest BCUT2D eigenvalue weighted by Gasteiger charge is 2.35. The Morgan fingerprint density at radius 2 is 1.79 bits per heavy atom. The van der Waals surface area contributed by atoms with Gasteiger partial charge in [-0.2, -0.15) is 23.4 Å². The highest BCUT2D eigenvalue weighted by molar-refractivity contribution is 5.93. The molecule has 1 atom stereocenters. The van der Waals surface area contributed by atoms with Crippen LogP contribution in [0.2, 0.25) is 0 Å². The highest BCUT2D eigenvalue weighted by atomic mass is 19.4. The zero-order valence-corrected chi connectivity index (χ0v) is 19.3. The zero-order valence-electron chi connectivity index (χ0n) is 19.3. The Labute approximate surface area is 194 Å². The molecular formula is C24H25F3N6O. The highest BCUT2D eigenvalue weighted by Crippen LogP contribution is 2.32. The van der Waals surface area contributed by atoms with Crippen molar-refractivity contribution < 1.29 is 18.0 Å². The van der Waals surface area contributed by atoms with Crippen LogP contribution in [0, 0.1) is 0 Å². The number of aryl methyl sites for hydroxylation is 1. The van der Waals surface area contributed by atoms with Crippen LogP contribution in [0.3, 0.4) is 0 Å². The van der Waals surface area contributed by atoms with Crippen molar-refractivity contribution >= 4 is 11.6 Å². The second-order valence-corrected chi connectivity index (χ2v) is 8.37. The molecule has 0 radical (unpaired) electrons. The van der Waals surface area contributed by atoms with Crippen molar-refractivity contribution in [3.05, 3.63) is 71.3 Å². The lowest BCUT2D eigenvalue weighted by Gasteiger charge is -2.14. The van der Waals surface area contributed by atoms with E-state index in [1.807, 2.05) is 32.9 Å². The summed E-state index contributed by atoms with van der Waals surface area (Å²) in [5, 5.41) is 10.9. The van der Waals surface area contributed by atoms with Gasteiger partial charge in [0, 0.05) is 24.4 Å². The molecule has 3 heterocycles. The van der Waals surface area contributed by atoms with Crippen molar-refractivity contribution in [2.45, 2.75) is 52.4 Å². The smallest absolute Gasteiger partial charge is 0.343 e. The number of benzene rings is 1. The lowest BCUT2D eigenvalue weighted by Crippen LogP contribution is -2.28. The van der Waals surface area contributed by atoms with Crippen LogP contribution in [-0.4, -0.2) is 30.3 Å². The van der Waals surface area contributed by atoms with Crippen LogP contribution < -0.4 is 5.32 Å². The minimum atomic E-state index is -4.69. The molecule has 0 saturated heterocycles. The fourth-order valence-electron chi connectivity index (χ4n) is 3.79. The Balaban J connectivity index is 1.71. The molecule has 10 heteroatoms. The van der Waals surface area contributed by atoms with Crippen molar-refractivity contribution in [2.24, 2.45) is 0 Å². The molecule has 1 amide bonds. The van der Waals surface area contributed by atoms with Crippen LogP contribution in [0.1, 0.15) is 67.1 Å². The van der Waals surface area contributed by atoms with E-state index in [2.05, 4.69) is 20.5 Å². The maximum atomic E-state index is 13.9. The van der Waals surface area contributed by atoms with Crippen LogP contribution in [0.15, 0.2) is 48.7 Å². The fourth-order valence-corrected chi connectivity index (χ4v) is 3.79. The standard InChI is InChI=1S/C24H25F3N6O/c1-5-32-20(10-11-28-32)15(4)29-23(34)19-13-22-30-18(12-21(24(25,26)27)33(22)31-19)17-8-6-16(7-9-17)14(2)3/h6-15H,5H2,1-4H3,(H,29,34). The molecule has 7 nitrogen and oxygen atoms in total. The molecule has 0 bridgehead atoms. The summed E-state index contributed by atoms with van der Waals surface area (Å²) in [4.78, 5) is 17.2. The second kappa shape index (κ2) is 8.92. The van der Waals surface area contributed by atoms with Crippen LogP contribution in [-0.2, 0) is 12.7 Å². The first-order valence-corrected chi connectivity index (χ1v) is 11.0. The van der Waals surface area contributed by atoms with Crippen LogP contribution in [0.25, 0.3) is 16.9 Å². The number of hydrogen-bond acceptors (Lipinski definition) is 4. The van der Waals surface area contributed by atoms with E-state index in [1.54, 1.807) is 36.0 Å². The molecule has 3 aromatic heterocycles. The van der Waals surface area contributed by atoms with Crippen LogP contribution in [0.4, 0.5) is 13.2 Å². The SMILES string of the molecule is CCn1nccc1C(C)NC(=O)c1cc2nc(-c3ccc(C(C)C)cc3)cc(C(F)(F)F)n2n1. The van der Waals surface area contributed by atoms with E-state index in [1.165, 1.54) is 6.07 Å². The Morgan fingerprint density at radius 3 is 2.41 bits per heavy atom. The molecule has 0 saturated carbocycles. The molecule has 1 unspecified atom stereocenters. The van der Waals surface area contributed by atoms with Crippen molar-refractivity contribution in [3.8, 4) is 11.3 Å². The third-order valence-corrected chi connectivity index (χ3v) is 5.66. The van der Waals surface area contributed by atoms with Gasteiger partial charge >= 0.3 is 6.18 Å². The Morgan fingerprint density at radius 1 is 1.09 bits per heavy atom. The monoisotopic (exact) mass is 470 g/mol. The Kier molecular flexibility index (Phi) is 6.16. The van der Waals surface area contributed by atoms with E-state index in [-0.39, 0.29) is 17.0 Å². The molecule has 0 aliphatic heterocycles. The molecule has 34 heavy (non-hydrogen) atoms. The number of aromatic nitrogens is 5. The molecule has 178 valence electrons.